The second kappa shape index (κ2) is 5.04. The molecule has 0 fully saturated rings. The van der Waals surface area contributed by atoms with Crippen molar-refractivity contribution in [2.24, 2.45) is 0 Å². The molecule has 0 aliphatic heterocycles. The number of benzene rings is 1. The second-order valence-corrected chi connectivity index (χ2v) is 5.29. The van der Waals surface area contributed by atoms with E-state index in [0.717, 1.165) is 23.6 Å². The predicted octanol–water partition coefficient (Wildman–Crippen LogP) is 4.13. The van der Waals surface area contributed by atoms with E-state index in [1.165, 1.54) is 10.9 Å². The monoisotopic (exact) mass is 269 g/mol. The highest BCUT2D eigenvalue weighted by Crippen LogP contribution is 2.26. The van der Waals surface area contributed by atoms with Gasteiger partial charge in [0.25, 0.3) is 0 Å². The lowest BCUT2D eigenvalue weighted by molar-refractivity contribution is 0.532. The van der Waals surface area contributed by atoms with Crippen molar-refractivity contribution in [2.75, 3.05) is 5.32 Å². The van der Waals surface area contributed by atoms with Crippen LogP contribution in [0.1, 0.15) is 31.2 Å². The van der Waals surface area contributed by atoms with Gasteiger partial charge < -0.3 is 9.73 Å². The van der Waals surface area contributed by atoms with Crippen LogP contribution in [0, 0.1) is 6.92 Å². The minimum absolute atomic E-state index is 0.377. The number of aromatic nitrogens is 2. The maximum atomic E-state index is 5.77. The molecule has 104 valence electrons. The van der Waals surface area contributed by atoms with Gasteiger partial charge in [-0.2, -0.15) is 5.10 Å². The molecule has 0 bridgehead atoms. The maximum absolute atomic E-state index is 5.77. The molecule has 20 heavy (non-hydrogen) atoms. The van der Waals surface area contributed by atoms with E-state index in [1.54, 1.807) is 0 Å². The van der Waals surface area contributed by atoms with Crippen LogP contribution in [-0.2, 0) is 6.54 Å². The normalized spacial score (nSPS) is 11.4. The Kier molecular flexibility index (Phi) is 3.22. The van der Waals surface area contributed by atoms with Crippen LogP contribution in [0.15, 0.2) is 41.1 Å². The summed E-state index contributed by atoms with van der Waals surface area (Å²) in [6, 6.07) is 8.51. The van der Waals surface area contributed by atoms with Gasteiger partial charge in [-0.15, -0.1) is 0 Å². The first-order chi connectivity index (χ1) is 9.65. The molecule has 4 heteroatoms. The molecule has 1 N–H and O–H groups in total. The zero-order valence-electron chi connectivity index (χ0n) is 12.1. The summed E-state index contributed by atoms with van der Waals surface area (Å²) < 4.78 is 7.72. The van der Waals surface area contributed by atoms with Crippen LogP contribution in [0.5, 0.6) is 0 Å². The largest absolute Gasteiger partial charge is 0.461 e. The molecule has 2 heterocycles. The maximum Gasteiger partial charge on any atom is 0.134 e. The Morgan fingerprint density at radius 2 is 2.10 bits per heavy atom. The van der Waals surface area contributed by atoms with E-state index in [1.807, 2.05) is 42.2 Å². The average Bonchev–Trinajstić information content (AvgIpc) is 3.00. The van der Waals surface area contributed by atoms with Gasteiger partial charge in [-0.25, -0.2) is 0 Å². The summed E-state index contributed by atoms with van der Waals surface area (Å²) in [6.45, 7) is 6.98. The quantitative estimate of drug-likeness (QED) is 0.774. The van der Waals surface area contributed by atoms with Crippen molar-refractivity contribution in [2.45, 2.75) is 33.4 Å². The number of anilines is 1. The number of fused-ring (bicyclic) bond motifs is 1. The lowest BCUT2D eigenvalue weighted by atomic mass is 10.1. The van der Waals surface area contributed by atoms with E-state index in [9.17, 15) is 0 Å². The summed E-state index contributed by atoms with van der Waals surface area (Å²) in [5.74, 6) is 0.968. The van der Waals surface area contributed by atoms with Gasteiger partial charge in [0.1, 0.15) is 11.3 Å². The van der Waals surface area contributed by atoms with E-state index < -0.39 is 0 Å². The zero-order chi connectivity index (χ0) is 14.1. The lowest BCUT2D eigenvalue weighted by Gasteiger charge is -2.05. The Hall–Kier alpha value is -2.23. The molecule has 4 nitrogen and oxygen atoms in total. The summed E-state index contributed by atoms with van der Waals surface area (Å²) in [4.78, 5) is 0. The molecular weight excluding hydrogens is 250 g/mol. The number of furan rings is 1. The molecule has 3 aromatic rings. The fourth-order valence-corrected chi connectivity index (χ4v) is 2.34. The first-order valence-electron chi connectivity index (χ1n) is 6.90. The highest BCUT2D eigenvalue weighted by atomic mass is 16.3. The molecule has 2 aromatic heterocycles. The number of hydrogen-bond acceptors (Lipinski definition) is 3. The summed E-state index contributed by atoms with van der Waals surface area (Å²) >= 11 is 0. The van der Waals surface area contributed by atoms with Gasteiger partial charge in [0.05, 0.1) is 11.9 Å². The molecule has 0 atom stereocenters. The van der Waals surface area contributed by atoms with Crippen LogP contribution in [0.4, 0.5) is 5.69 Å². The smallest absolute Gasteiger partial charge is 0.134 e. The Morgan fingerprint density at radius 1 is 1.30 bits per heavy atom. The van der Waals surface area contributed by atoms with Gasteiger partial charge in [0.15, 0.2) is 0 Å². The summed E-state index contributed by atoms with van der Waals surface area (Å²) in [5, 5.41) is 8.92. The highest BCUT2D eigenvalue weighted by molar-refractivity contribution is 5.82. The summed E-state index contributed by atoms with van der Waals surface area (Å²) in [6.07, 6.45) is 3.89. The molecule has 3 rings (SSSR count). The van der Waals surface area contributed by atoms with Crippen molar-refractivity contribution in [3.8, 4) is 0 Å². The van der Waals surface area contributed by atoms with Gasteiger partial charge >= 0.3 is 0 Å². The van der Waals surface area contributed by atoms with Crippen LogP contribution in [0.3, 0.4) is 0 Å². The third kappa shape index (κ3) is 2.29. The SMILES string of the molecule is Cc1oc2ccccc2c1CNc1cnn(C(C)C)c1. The van der Waals surface area contributed by atoms with E-state index >= 15 is 0 Å². The van der Waals surface area contributed by atoms with E-state index in [4.69, 9.17) is 4.42 Å². The molecule has 1 aromatic carbocycles. The van der Waals surface area contributed by atoms with Gasteiger partial charge in [0.2, 0.25) is 0 Å². The molecular formula is C16H19N3O. The zero-order valence-corrected chi connectivity index (χ0v) is 12.1. The van der Waals surface area contributed by atoms with Gasteiger partial charge in [-0.3, -0.25) is 4.68 Å². The Bertz CT molecular complexity index is 724. The number of nitrogens with one attached hydrogen (secondary N) is 1. The standard InChI is InChI=1S/C16H19N3O/c1-11(2)19-10-13(8-18-19)17-9-15-12(3)20-16-7-5-4-6-14(15)16/h4-8,10-11,17H,9H2,1-3H3. The molecule has 0 saturated heterocycles. The number of aryl methyl sites for hydroxylation is 1. The molecule has 0 spiro atoms. The van der Waals surface area contributed by atoms with Crippen molar-refractivity contribution in [3.63, 3.8) is 0 Å². The fourth-order valence-electron chi connectivity index (χ4n) is 2.34. The van der Waals surface area contributed by atoms with Gasteiger partial charge in [-0.1, -0.05) is 18.2 Å². The topological polar surface area (TPSA) is 43.0 Å². The van der Waals surface area contributed by atoms with E-state index in [2.05, 4.69) is 30.3 Å². The minimum Gasteiger partial charge on any atom is -0.461 e. The van der Waals surface area contributed by atoms with Crippen LogP contribution < -0.4 is 5.32 Å². The Labute approximate surface area is 118 Å². The Balaban J connectivity index is 1.81. The first kappa shape index (κ1) is 12.8. The molecule has 0 aliphatic rings. The number of rotatable bonds is 4. The second-order valence-electron chi connectivity index (χ2n) is 5.29. The molecule has 0 aliphatic carbocycles. The summed E-state index contributed by atoms with van der Waals surface area (Å²) in [5.41, 5.74) is 3.18. The predicted molar refractivity (Wildman–Crippen MR) is 80.9 cm³/mol. The van der Waals surface area contributed by atoms with Crippen LogP contribution in [-0.4, -0.2) is 9.78 Å². The van der Waals surface area contributed by atoms with Gasteiger partial charge in [0, 0.05) is 29.7 Å². The number of nitrogens with zero attached hydrogens (tertiary/aromatic N) is 2. The van der Waals surface area contributed by atoms with Crippen LogP contribution >= 0.6 is 0 Å². The van der Waals surface area contributed by atoms with Crippen molar-refractivity contribution in [1.82, 2.24) is 9.78 Å². The average molecular weight is 269 g/mol. The lowest BCUT2D eigenvalue weighted by Crippen LogP contribution is -2.01. The Morgan fingerprint density at radius 3 is 2.85 bits per heavy atom. The molecule has 0 saturated carbocycles. The molecule has 0 radical (unpaired) electrons. The third-order valence-electron chi connectivity index (χ3n) is 3.50. The first-order valence-corrected chi connectivity index (χ1v) is 6.90. The minimum atomic E-state index is 0.377. The third-order valence-corrected chi connectivity index (χ3v) is 3.50. The van der Waals surface area contributed by atoms with Crippen LogP contribution in [0.25, 0.3) is 11.0 Å². The molecule has 0 unspecified atom stereocenters. The number of hydrogen-bond donors (Lipinski definition) is 1. The van der Waals surface area contributed by atoms with Crippen molar-refractivity contribution < 1.29 is 4.42 Å². The van der Waals surface area contributed by atoms with Crippen LogP contribution in [0.2, 0.25) is 0 Å². The van der Waals surface area contributed by atoms with Crippen molar-refractivity contribution in [1.29, 1.82) is 0 Å². The van der Waals surface area contributed by atoms with Crippen molar-refractivity contribution in [3.05, 3.63) is 48.0 Å². The fraction of sp³-hybridized carbons (Fsp3) is 0.312. The summed E-state index contributed by atoms with van der Waals surface area (Å²) in [7, 11) is 0. The highest BCUT2D eigenvalue weighted by Gasteiger charge is 2.10. The van der Waals surface area contributed by atoms with E-state index in [-0.39, 0.29) is 0 Å². The number of para-hydroxylation sites is 1. The van der Waals surface area contributed by atoms with E-state index in [0.29, 0.717) is 6.04 Å². The molecule has 0 amide bonds. The van der Waals surface area contributed by atoms with Crippen molar-refractivity contribution >= 4 is 16.7 Å². The van der Waals surface area contributed by atoms with Gasteiger partial charge in [-0.05, 0) is 26.8 Å².